The zero-order chi connectivity index (χ0) is 21.6. The van der Waals surface area contributed by atoms with Crippen molar-refractivity contribution in [1.29, 1.82) is 0 Å². The molecule has 6 nitrogen and oxygen atoms in total. The quantitative estimate of drug-likeness (QED) is 0.502. The number of aryl methyl sites for hydroxylation is 1. The summed E-state index contributed by atoms with van der Waals surface area (Å²) in [7, 11) is 0. The van der Waals surface area contributed by atoms with Crippen molar-refractivity contribution in [3.63, 3.8) is 0 Å². The van der Waals surface area contributed by atoms with Crippen LogP contribution in [0.5, 0.6) is 0 Å². The lowest BCUT2D eigenvalue weighted by molar-refractivity contribution is -0.135. The van der Waals surface area contributed by atoms with E-state index in [2.05, 4.69) is 34.3 Å². The van der Waals surface area contributed by atoms with Crippen LogP contribution in [0.3, 0.4) is 0 Å². The van der Waals surface area contributed by atoms with E-state index in [0.29, 0.717) is 19.4 Å². The number of aliphatic hydroxyl groups is 1. The number of benzene rings is 1. The summed E-state index contributed by atoms with van der Waals surface area (Å²) >= 11 is 1.68. The van der Waals surface area contributed by atoms with E-state index in [1.165, 1.54) is 16.0 Å². The van der Waals surface area contributed by atoms with Gasteiger partial charge in [0.05, 0.1) is 5.39 Å². The number of fused-ring (bicyclic) bond motifs is 1. The van der Waals surface area contributed by atoms with Gasteiger partial charge in [-0.05, 0) is 44.6 Å². The Morgan fingerprint density at radius 2 is 2.10 bits per heavy atom. The monoisotopic (exact) mass is 438 g/mol. The zero-order valence-electron chi connectivity index (χ0n) is 18.0. The van der Waals surface area contributed by atoms with Crippen LogP contribution in [0.25, 0.3) is 21.3 Å². The highest BCUT2D eigenvalue weighted by Gasteiger charge is 2.25. The second-order valence-electron chi connectivity index (χ2n) is 8.08. The minimum absolute atomic E-state index is 0.142. The topological polar surface area (TPSA) is 78.4 Å². The molecule has 0 spiro atoms. The Hall–Kier alpha value is -2.51. The van der Waals surface area contributed by atoms with Gasteiger partial charge in [-0.3, -0.25) is 4.79 Å². The van der Waals surface area contributed by atoms with Gasteiger partial charge in [0.2, 0.25) is 5.91 Å². The fraction of sp³-hybridized carbons (Fsp3) is 0.458. The van der Waals surface area contributed by atoms with Gasteiger partial charge in [0.15, 0.2) is 0 Å². The molecule has 7 heteroatoms. The highest BCUT2D eigenvalue weighted by Crippen LogP contribution is 2.40. The predicted molar refractivity (Wildman–Crippen MR) is 126 cm³/mol. The van der Waals surface area contributed by atoms with Crippen LogP contribution in [0.1, 0.15) is 43.4 Å². The molecule has 0 radical (unpaired) electrons. The minimum atomic E-state index is 0.142. The van der Waals surface area contributed by atoms with Crippen LogP contribution in [0.4, 0.5) is 5.82 Å². The Kier molecular flexibility index (Phi) is 7.14. The van der Waals surface area contributed by atoms with E-state index in [0.717, 1.165) is 48.3 Å². The van der Waals surface area contributed by atoms with Gasteiger partial charge in [0.1, 0.15) is 17.0 Å². The van der Waals surface area contributed by atoms with Crippen molar-refractivity contribution >= 4 is 33.3 Å². The molecule has 164 valence electrons. The number of piperidine rings is 1. The molecule has 1 saturated heterocycles. The Bertz CT molecular complexity index is 1020. The van der Waals surface area contributed by atoms with Gasteiger partial charge in [-0.25, -0.2) is 9.97 Å². The van der Waals surface area contributed by atoms with E-state index in [-0.39, 0.29) is 18.6 Å². The summed E-state index contributed by atoms with van der Waals surface area (Å²) in [6.07, 6.45) is 6.75. The summed E-state index contributed by atoms with van der Waals surface area (Å²) in [5.41, 5.74) is 2.35. The Morgan fingerprint density at radius 3 is 2.90 bits per heavy atom. The molecule has 3 heterocycles. The normalized spacial score (nSPS) is 16.6. The second-order valence-corrected chi connectivity index (χ2v) is 9.28. The molecule has 0 saturated carbocycles. The molecule has 2 aromatic heterocycles. The third-order valence-corrected chi connectivity index (χ3v) is 7.01. The van der Waals surface area contributed by atoms with Crippen molar-refractivity contribution in [2.24, 2.45) is 0 Å². The highest BCUT2D eigenvalue weighted by atomic mass is 32.1. The van der Waals surface area contributed by atoms with Crippen molar-refractivity contribution in [2.45, 2.75) is 51.5 Å². The fourth-order valence-electron chi connectivity index (χ4n) is 4.50. The molecule has 3 aromatic rings. The number of aromatic nitrogens is 2. The van der Waals surface area contributed by atoms with Gasteiger partial charge in [0, 0.05) is 42.6 Å². The molecule has 1 unspecified atom stereocenters. The average molecular weight is 439 g/mol. The maximum absolute atomic E-state index is 12.7. The summed E-state index contributed by atoms with van der Waals surface area (Å²) < 4.78 is 0. The van der Waals surface area contributed by atoms with Crippen molar-refractivity contribution in [2.75, 3.05) is 25.0 Å². The van der Waals surface area contributed by atoms with E-state index in [9.17, 15) is 9.90 Å². The lowest BCUT2D eigenvalue weighted by Crippen LogP contribution is -2.44. The molecule has 1 amide bonds. The number of aliphatic hydroxyl groups excluding tert-OH is 1. The van der Waals surface area contributed by atoms with Crippen LogP contribution >= 0.6 is 11.3 Å². The first kappa shape index (κ1) is 21.7. The van der Waals surface area contributed by atoms with Crippen LogP contribution in [-0.2, 0) is 4.79 Å². The predicted octanol–water partition coefficient (Wildman–Crippen LogP) is 4.62. The smallest absolute Gasteiger partial charge is 0.222 e. The summed E-state index contributed by atoms with van der Waals surface area (Å²) in [5.74, 6) is 1.03. The summed E-state index contributed by atoms with van der Waals surface area (Å²) in [4.78, 5) is 25.9. The van der Waals surface area contributed by atoms with E-state index in [1.807, 2.05) is 23.1 Å². The minimum Gasteiger partial charge on any atom is -0.396 e. The molecule has 1 atom stereocenters. The van der Waals surface area contributed by atoms with Crippen molar-refractivity contribution in [1.82, 2.24) is 14.9 Å². The number of carbonyl (C=O) groups is 1. The maximum Gasteiger partial charge on any atom is 0.222 e. The molecule has 1 aromatic carbocycles. The fourth-order valence-corrected chi connectivity index (χ4v) is 5.51. The molecule has 0 bridgehead atoms. The van der Waals surface area contributed by atoms with Crippen LogP contribution in [0, 0.1) is 6.92 Å². The van der Waals surface area contributed by atoms with Crippen molar-refractivity contribution in [3.8, 4) is 11.1 Å². The van der Waals surface area contributed by atoms with Crippen LogP contribution in [-0.4, -0.2) is 51.6 Å². The number of nitrogens with one attached hydrogen (secondary N) is 1. The van der Waals surface area contributed by atoms with E-state index >= 15 is 0 Å². The number of amides is 1. The Balaban J connectivity index is 1.42. The molecule has 1 fully saturated rings. The van der Waals surface area contributed by atoms with Gasteiger partial charge < -0.3 is 15.3 Å². The van der Waals surface area contributed by atoms with Gasteiger partial charge >= 0.3 is 0 Å². The van der Waals surface area contributed by atoms with Gasteiger partial charge in [-0.1, -0.05) is 30.3 Å². The first-order valence-corrected chi connectivity index (χ1v) is 11.9. The lowest BCUT2D eigenvalue weighted by Gasteiger charge is -2.35. The molecule has 0 aliphatic carbocycles. The highest BCUT2D eigenvalue weighted by molar-refractivity contribution is 7.19. The Morgan fingerprint density at radius 1 is 1.26 bits per heavy atom. The van der Waals surface area contributed by atoms with Gasteiger partial charge in [0.25, 0.3) is 0 Å². The number of nitrogens with zero attached hydrogens (tertiary/aromatic N) is 3. The largest absolute Gasteiger partial charge is 0.396 e. The van der Waals surface area contributed by atoms with Crippen LogP contribution in [0.2, 0.25) is 0 Å². The average Bonchev–Trinajstić information content (AvgIpc) is 3.14. The molecular weight excluding hydrogens is 408 g/mol. The van der Waals surface area contributed by atoms with E-state index < -0.39 is 0 Å². The molecule has 4 rings (SSSR count). The number of hydrogen-bond acceptors (Lipinski definition) is 6. The Labute approximate surface area is 187 Å². The second kappa shape index (κ2) is 10.2. The standard InChI is InChI=1S/C24H30N4O2S/c1-17-21(18-8-3-2-4-9-18)22-23(26-16-27-24(22)31-17)25-13-7-11-20(30)28-14-6-5-10-19(28)12-15-29/h2-4,8-9,16,19,29H,5-7,10-15H2,1H3,(H,25,26,27). The number of rotatable bonds is 8. The first-order chi connectivity index (χ1) is 15.2. The first-order valence-electron chi connectivity index (χ1n) is 11.1. The summed E-state index contributed by atoms with van der Waals surface area (Å²) in [5, 5.41) is 13.8. The van der Waals surface area contributed by atoms with Gasteiger partial charge in [-0.2, -0.15) is 0 Å². The number of hydrogen-bond donors (Lipinski definition) is 2. The third-order valence-electron chi connectivity index (χ3n) is 6.00. The van der Waals surface area contributed by atoms with Gasteiger partial charge in [-0.15, -0.1) is 11.3 Å². The third kappa shape index (κ3) is 4.88. The molecule has 31 heavy (non-hydrogen) atoms. The number of carbonyl (C=O) groups excluding carboxylic acids is 1. The van der Waals surface area contributed by atoms with Crippen LogP contribution in [0.15, 0.2) is 36.7 Å². The number of likely N-dealkylation sites (tertiary alicyclic amines) is 1. The molecule has 1 aliphatic rings. The lowest BCUT2D eigenvalue weighted by atomic mass is 9.99. The summed E-state index contributed by atoms with van der Waals surface area (Å²) in [6, 6.07) is 10.5. The van der Waals surface area contributed by atoms with Crippen molar-refractivity contribution in [3.05, 3.63) is 41.5 Å². The molecule has 1 aliphatic heterocycles. The molecule has 2 N–H and O–H groups in total. The number of thiophene rings is 1. The summed E-state index contributed by atoms with van der Waals surface area (Å²) in [6.45, 7) is 3.76. The molecular formula is C24H30N4O2S. The van der Waals surface area contributed by atoms with Crippen LogP contribution < -0.4 is 5.32 Å². The SMILES string of the molecule is Cc1sc2ncnc(NCCCC(=O)N3CCCCC3CCO)c2c1-c1ccccc1. The van der Waals surface area contributed by atoms with E-state index in [4.69, 9.17) is 0 Å². The number of anilines is 1. The van der Waals surface area contributed by atoms with E-state index in [1.54, 1.807) is 17.7 Å². The zero-order valence-corrected chi connectivity index (χ0v) is 18.8. The van der Waals surface area contributed by atoms with Crippen molar-refractivity contribution < 1.29 is 9.90 Å². The maximum atomic E-state index is 12.7.